The number of hydrogen-bond acceptors (Lipinski definition) is 10. The molecule has 0 saturated carbocycles. The number of ether oxygens (including phenoxy) is 2. The van der Waals surface area contributed by atoms with Gasteiger partial charge in [-0.3, -0.25) is 14.9 Å². The van der Waals surface area contributed by atoms with Crippen molar-refractivity contribution in [3.05, 3.63) is 29.6 Å². The van der Waals surface area contributed by atoms with E-state index in [-0.39, 0.29) is 42.3 Å². The molecule has 1 aliphatic heterocycles. The van der Waals surface area contributed by atoms with Crippen molar-refractivity contribution in [1.29, 1.82) is 0 Å². The highest BCUT2D eigenvalue weighted by atomic mass is 35.5. The Kier molecular flexibility index (Phi) is 11.0. The monoisotopic (exact) mass is 536 g/mol. The van der Waals surface area contributed by atoms with Gasteiger partial charge in [0.2, 0.25) is 0 Å². The fourth-order valence-electron chi connectivity index (χ4n) is 3.84. The number of carbonyl (C=O) groups excluding carboxylic acids is 1. The van der Waals surface area contributed by atoms with Crippen molar-refractivity contribution in [2.24, 2.45) is 0 Å². The minimum Gasteiger partial charge on any atom is -0.463 e. The van der Waals surface area contributed by atoms with Gasteiger partial charge in [-0.15, -0.1) is 12.4 Å². The molecule has 0 unspecified atom stereocenters. The molecule has 2 aromatic rings. The molecule has 12 heteroatoms. The zero-order chi connectivity index (χ0) is 26.3. The largest absolute Gasteiger partial charge is 0.463 e. The molecule has 0 bridgehead atoms. The summed E-state index contributed by atoms with van der Waals surface area (Å²) in [7, 11) is 1.59. The first-order valence-corrected chi connectivity index (χ1v) is 12.5. The predicted molar refractivity (Wildman–Crippen MR) is 147 cm³/mol. The molecule has 0 aliphatic carbocycles. The van der Waals surface area contributed by atoms with E-state index in [1.165, 1.54) is 17.9 Å². The van der Waals surface area contributed by atoms with E-state index >= 15 is 0 Å². The maximum atomic E-state index is 13.0. The van der Waals surface area contributed by atoms with Gasteiger partial charge in [-0.05, 0) is 70.8 Å². The van der Waals surface area contributed by atoms with Crippen LogP contribution in [0.3, 0.4) is 0 Å². The Balaban J connectivity index is 0.00000481. The second-order valence-electron chi connectivity index (χ2n) is 10.0. The summed E-state index contributed by atoms with van der Waals surface area (Å²) in [5.41, 5.74) is 13.8. The summed E-state index contributed by atoms with van der Waals surface area (Å²) in [4.78, 5) is 28.7. The molecule has 3 rings (SSSR count). The Morgan fingerprint density at radius 2 is 1.89 bits per heavy atom. The standard InChI is InChI=1S/C25H40N8O3.ClH/c1-6-7-14-35-23-29-21(27)20(26)22(30-23)33(31(5)24(34)36-25(2,3)4)17-19-15-18(10-11-28-19)16-32-12-8-9-13-32;/h10-11,15H,6-9,12-14,16-17,26H2,1-5H3,(H2,27,29,30);1H. The number of unbranched alkanes of at least 4 members (excludes halogenated alkanes) is 1. The number of rotatable bonds is 10. The average molecular weight is 537 g/mol. The van der Waals surface area contributed by atoms with E-state index < -0.39 is 11.7 Å². The molecule has 3 heterocycles. The van der Waals surface area contributed by atoms with E-state index in [1.54, 1.807) is 18.3 Å². The summed E-state index contributed by atoms with van der Waals surface area (Å²) in [6, 6.07) is 4.15. The second kappa shape index (κ2) is 13.5. The van der Waals surface area contributed by atoms with Crippen LogP contribution in [0.1, 0.15) is 64.6 Å². The number of halogens is 1. The van der Waals surface area contributed by atoms with E-state index in [9.17, 15) is 4.79 Å². The van der Waals surface area contributed by atoms with Crippen LogP contribution in [0.15, 0.2) is 18.3 Å². The van der Waals surface area contributed by atoms with Gasteiger partial charge in [0.15, 0.2) is 11.6 Å². The minimum atomic E-state index is -0.685. The van der Waals surface area contributed by atoms with Crippen LogP contribution in [-0.4, -0.2) is 63.3 Å². The van der Waals surface area contributed by atoms with Crippen LogP contribution in [-0.2, 0) is 17.8 Å². The number of hydrogen-bond donors (Lipinski definition) is 2. The predicted octanol–water partition coefficient (Wildman–Crippen LogP) is 4.02. The number of hydrazine groups is 1. The van der Waals surface area contributed by atoms with Crippen LogP contribution in [0.5, 0.6) is 6.01 Å². The molecule has 11 nitrogen and oxygen atoms in total. The van der Waals surface area contributed by atoms with Crippen LogP contribution in [0.2, 0.25) is 0 Å². The summed E-state index contributed by atoms with van der Waals surface area (Å²) in [6.45, 7) is 11.2. The molecule has 1 fully saturated rings. The average Bonchev–Trinajstić information content (AvgIpc) is 3.32. The Hall–Kier alpha value is -3.05. The molecule has 0 atom stereocenters. The molecule has 37 heavy (non-hydrogen) atoms. The molecule has 1 amide bonds. The van der Waals surface area contributed by atoms with Gasteiger partial charge in [0.25, 0.3) is 0 Å². The van der Waals surface area contributed by atoms with Crippen molar-refractivity contribution in [1.82, 2.24) is 24.9 Å². The summed E-state index contributed by atoms with van der Waals surface area (Å²) >= 11 is 0. The molecule has 0 radical (unpaired) electrons. The van der Waals surface area contributed by atoms with Crippen LogP contribution < -0.4 is 21.2 Å². The van der Waals surface area contributed by atoms with Crippen LogP contribution in [0.25, 0.3) is 0 Å². The number of nitrogens with two attached hydrogens (primary N) is 2. The fraction of sp³-hybridized carbons (Fsp3) is 0.600. The number of aromatic nitrogens is 3. The number of anilines is 3. The minimum absolute atomic E-state index is 0. The van der Waals surface area contributed by atoms with Crippen molar-refractivity contribution < 1.29 is 14.3 Å². The first-order chi connectivity index (χ1) is 17.1. The Morgan fingerprint density at radius 1 is 1.19 bits per heavy atom. The van der Waals surface area contributed by atoms with Crippen molar-refractivity contribution in [3.63, 3.8) is 0 Å². The Morgan fingerprint density at radius 3 is 2.54 bits per heavy atom. The number of pyridine rings is 1. The molecule has 0 aromatic carbocycles. The van der Waals surface area contributed by atoms with E-state index in [4.69, 9.17) is 20.9 Å². The van der Waals surface area contributed by atoms with Gasteiger partial charge in [-0.2, -0.15) is 9.97 Å². The maximum Gasteiger partial charge on any atom is 0.429 e. The topological polar surface area (TPSA) is 136 Å². The number of amides is 1. The third-order valence-corrected chi connectivity index (χ3v) is 5.73. The van der Waals surface area contributed by atoms with Crippen LogP contribution in [0.4, 0.5) is 22.1 Å². The Labute approximate surface area is 225 Å². The number of nitrogens with zero attached hydrogens (tertiary/aromatic N) is 6. The lowest BCUT2D eigenvalue weighted by atomic mass is 10.2. The van der Waals surface area contributed by atoms with E-state index in [2.05, 4.69) is 26.8 Å². The smallest absolute Gasteiger partial charge is 0.429 e. The third kappa shape index (κ3) is 8.78. The zero-order valence-electron chi connectivity index (χ0n) is 22.6. The SMILES string of the molecule is CCCCOc1nc(N)c(N)c(N(Cc2cc(CN3CCCC3)ccn2)N(C)C(=O)OC(C)(C)C)n1.Cl. The summed E-state index contributed by atoms with van der Waals surface area (Å²) in [5.74, 6) is 0.318. The number of carbonyl (C=O) groups is 1. The Bertz CT molecular complexity index is 1030. The van der Waals surface area contributed by atoms with Gasteiger partial charge in [0.1, 0.15) is 11.3 Å². The molecule has 2 aromatic heterocycles. The molecule has 0 spiro atoms. The highest BCUT2D eigenvalue weighted by molar-refractivity contribution is 5.85. The maximum absolute atomic E-state index is 13.0. The first-order valence-electron chi connectivity index (χ1n) is 12.5. The van der Waals surface area contributed by atoms with E-state index in [0.717, 1.165) is 43.7 Å². The molecular formula is C25H41ClN8O3. The zero-order valence-corrected chi connectivity index (χ0v) is 23.4. The normalized spacial score (nSPS) is 13.6. The van der Waals surface area contributed by atoms with Crippen molar-refractivity contribution >= 4 is 35.8 Å². The molecule has 1 saturated heterocycles. The van der Waals surface area contributed by atoms with Crippen molar-refractivity contribution in [2.75, 3.05) is 43.2 Å². The number of nitrogen functional groups attached to an aromatic ring is 2. The lowest BCUT2D eigenvalue weighted by Crippen LogP contribution is -2.47. The molecule has 206 valence electrons. The molecular weight excluding hydrogens is 496 g/mol. The number of likely N-dealkylation sites (tertiary alicyclic amines) is 1. The second-order valence-corrected chi connectivity index (χ2v) is 10.0. The highest BCUT2D eigenvalue weighted by Gasteiger charge is 2.28. The fourth-order valence-corrected chi connectivity index (χ4v) is 3.84. The van der Waals surface area contributed by atoms with E-state index in [0.29, 0.717) is 6.61 Å². The highest BCUT2D eigenvalue weighted by Crippen LogP contribution is 2.30. The molecule has 4 N–H and O–H groups in total. The lowest BCUT2D eigenvalue weighted by molar-refractivity contribution is 0.0271. The van der Waals surface area contributed by atoms with Crippen LogP contribution in [0, 0.1) is 0 Å². The van der Waals surface area contributed by atoms with Crippen LogP contribution >= 0.6 is 12.4 Å². The molecule has 1 aliphatic rings. The summed E-state index contributed by atoms with van der Waals surface area (Å²) < 4.78 is 11.3. The van der Waals surface area contributed by atoms with Gasteiger partial charge in [0, 0.05) is 19.8 Å². The first kappa shape index (κ1) is 30.2. The van der Waals surface area contributed by atoms with Gasteiger partial charge in [-0.1, -0.05) is 13.3 Å². The quantitative estimate of drug-likeness (QED) is 0.338. The van der Waals surface area contributed by atoms with E-state index in [1.807, 2.05) is 32.9 Å². The van der Waals surface area contributed by atoms with Gasteiger partial charge in [0.05, 0.1) is 18.8 Å². The van der Waals surface area contributed by atoms with Gasteiger partial charge >= 0.3 is 12.1 Å². The van der Waals surface area contributed by atoms with Crippen molar-refractivity contribution in [3.8, 4) is 6.01 Å². The third-order valence-electron chi connectivity index (χ3n) is 5.73. The van der Waals surface area contributed by atoms with Gasteiger partial charge in [-0.25, -0.2) is 9.80 Å². The summed E-state index contributed by atoms with van der Waals surface area (Å²) in [6.07, 6.45) is 5.47. The van der Waals surface area contributed by atoms with Crippen molar-refractivity contribution in [2.45, 2.75) is 72.1 Å². The summed E-state index contributed by atoms with van der Waals surface area (Å²) in [5, 5.41) is 2.92. The van der Waals surface area contributed by atoms with Gasteiger partial charge < -0.3 is 20.9 Å². The lowest BCUT2D eigenvalue weighted by Gasteiger charge is -2.34.